The summed E-state index contributed by atoms with van der Waals surface area (Å²) in [5.41, 5.74) is 1.58. The lowest BCUT2D eigenvalue weighted by Gasteiger charge is -2.24. The summed E-state index contributed by atoms with van der Waals surface area (Å²) < 4.78 is 5.29. The second kappa shape index (κ2) is 8.72. The number of H-pyrrole nitrogens is 1. The molecule has 1 aromatic heterocycles. The van der Waals surface area contributed by atoms with Crippen molar-refractivity contribution in [2.24, 2.45) is 0 Å². The maximum atomic E-state index is 13.1. The molecule has 0 fully saturated rings. The van der Waals surface area contributed by atoms with Crippen LogP contribution in [0.3, 0.4) is 0 Å². The molecule has 0 unspecified atom stereocenters. The highest BCUT2D eigenvalue weighted by molar-refractivity contribution is 6.30. The zero-order valence-electron chi connectivity index (χ0n) is 17.3. The van der Waals surface area contributed by atoms with Crippen LogP contribution in [-0.2, 0) is 9.59 Å². The van der Waals surface area contributed by atoms with E-state index in [9.17, 15) is 14.4 Å². The molecule has 4 N–H and O–H groups in total. The molecule has 3 aromatic rings. The Labute approximate surface area is 188 Å². The third-order valence-electron chi connectivity index (χ3n) is 4.99. The molecule has 1 aliphatic heterocycles. The first kappa shape index (κ1) is 21.4. The number of carbonyl (C=O) groups excluding carboxylic acids is 2. The number of aromatic nitrogens is 2. The number of rotatable bonds is 5. The van der Waals surface area contributed by atoms with Crippen molar-refractivity contribution in [1.29, 1.82) is 0 Å². The average molecular weight is 454 g/mol. The highest BCUT2D eigenvalue weighted by Crippen LogP contribution is 2.32. The van der Waals surface area contributed by atoms with Gasteiger partial charge in [0, 0.05) is 17.1 Å². The van der Waals surface area contributed by atoms with Gasteiger partial charge >= 0.3 is 0 Å². The zero-order valence-corrected chi connectivity index (χ0v) is 18.0. The Kier molecular flexibility index (Phi) is 5.83. The van der Waals surface area contributed by atoms with Crippen LogP contribution in [0.1, 0.15) is 23.5 Å². The summed E-state index contributed by atoms with van der Waals surface area (Å²) in [6, 6.07) is 12.1. The summed E-state index contributed by atoms with van der Waals surface area (Å²) in [5, 5.41) is 8.86. The number of nitrogens with zero attached hydrogens (tertiary/aromatic N) is 1. The Morgan fingerprint density at radius 3 is 2.66 bits per heavy atom. The molecule has 10 heteroatoms. The van der Waals surface area contributed by atoms with Crippen molar-refractivity contribution in [1.82, 2.24) is 9.97 Å². The Morgan fingerprint density at radius 2 is 1.94 bits per heavy atom. The van der Waals surface area contributed by atoms with Gasteiger partial charge in [-0.25, -0.2) is 0 Å². The highest BCUT2D eigenvalue weighted by Gasteiger charge is 2.35. The number of hydrogen-bond acceptors (Lipinski definition) is 6. The van der Waals surface area contributed by atoms with Gasteiger partial charge in [0.15, 0.2) is 0 Å². The van der Waals surface area contributed by atoms with Crippen LogP contribution in [0.5, 0.6) is 5.75 Å². The highest BCUT2D eigenvalue weighted by atomic mass is 35.5. The summed E-state index contributed by atoms with van der Waals surface area (Å²) in [6.07, 6.45) is -0.179. The van der Waals surface area contributed by atoms with Crippen LogP contribution in [0.4, 0.5) is 23.1 Å². The Bertz CT molecular complexity index is 1260. The molecule has 0 radical (unpaired) electrons. The van der Waals surface area contributed by atoms with Crippen molar-refractivity contribution in [2.75, 3.05) is 23.1 Å². The first-order valence-corrected chi connectivity index (χ1v) is 10.1. The standard InChI is InChI=1S/C22H20ClN5O4/c1-11-3-8-16(32-2)15(9-11)25-20(30)14-10-17(29)26-19-18(14)21(31)28-22(27-19)24-13-6-4-12(23)5-7-13/h3-9,14H,10H2,1-2H3,(H,25,30)(H3,24,26,27,28,29,31)/t14-/m0/s1. The summed E-state index contributed by atoms with van der Waals surface area (Å²) >= 11 is 5.89. The van der Waals surface area contributed by atoms with E-state index < -0.39 is 23.3 Å². The smallest absolute Gasteiger partial charge is 0.258 e. The largest absolute Gasteiger partial charge is 0.495 e. The number of hydrogen-bond donors (Lipinski definition) is 4. The molecule has 4 rings (SSSR count). The van der Waals surface area contributed by atoms with Crippen LogP contribution in [-0.4, -0.2) is 28.9 Å². The molecule has 0 saturated carbocycles. The number of aryl methyl sites for hydroxylation is 1. The summed E-state index contributed by atoms with van der Waals surface area (Å²) in [7, 11) is 1.49. The normalized spacial score (nSPS) is 14.8. The Balaban J connectivity index is 1.65. The van der Waals surface area contributed by atoms with Gasteiger partial charge in [-0.15, -0.1) is 0 Å². The predicted octanol–water partition coefficient (Wildman–Crippen LogP) is 3.55. The van der Waals surface area contributed by atoms with E-state index in [2.05, 4.69) is 25.9 Å². The fourth-order valence-corrected chi connectivity index (χ4v) is 3.59. The number of aromatic amines is 1. The summed E-state index contributed by atoms with van der Waals surface area (Å²) in [5.74, 6) is -1.29. The Hall–Kier alpha value is -3.85. The van der Waals surface area contributed by atoms with E-state index in [-0.39, 0.29) is 23.8 Å². The third kappa shape index (κ3) is 4.42. The van der Waals surface area contributed by atoms with Crippen molar-refractivity contribution in [2.45, 2.75) is 19.3 Å². The van der Waals surface area contributed by atoms with Gasteiger partial charge in [0.1, 0.15) is 11.6 Å². The van der Waals surface area contributed by atoms with Gasteiger partial charge in [0.25, 0.3) is 5.56 Å². The van der Waals surface area contributed by atoms with Gasteiger partial charge in [-0.2, -0.15) is 4.98 Å². The topological polar surface area (TPSA) is 125 Å². The SMILES string of the molecule is COc1ccc(C)cc1NC(=O)[C@H]1CC(=O)Nc2nc(Nc3ccc(Cl)cc3)[nH]c(=O)c21. The van der Waals surface area contributed by atoms with Crippen LogP contribution in [0, 0.1) is 6.92 Å². The van der Waals surface area contributed by atoms with E-state index in [1.165, 1.54) is 7.11 Å². The van der Waals surface area contributed by atoms with Gasteiger partial charge in [-0.05, 0) is 48.9 Å². The molecule has 1 atom stereocenters. The summed E-state index contributed by atoms with van der Waals surface area (Å²) in [6.45, 7) is 1.88. The number of nitrogens with one attached hydrogen (secondary N) is 4. The van der Waals surface area contributed by atoms with Crippen LogP contribution < -0.4 is 26.2 Å². The molecule has 2 heterocycles. The second-order valence-corrected chi connectivity index (χ2v) is 7.74. The van der Waals surface area contributed by atoms with E-state index in [1.807, 2.05) is 13.0 Å². The van der Waals surface area contributed by atoms with E-state index in [0.717, 1.165) is 5.56 Å². The van der Waals surface area contributed by atoms with Crippen molar-refractivity contribution in [3.05, 3.63) is 69.0 Å². The fourth-order valence-electron chi connectivity index (χ4n) is 3.46. The minimum absolute atomic E-state index is 0.0396. The van der Waals surface area contributed by atoms with Gasteiger partial charge in [-0.1, -0.05) is 17.7 Å². The number of ether oxygens (including phenoxy) is 1. The maximum absolute atomic E-state index is 13.1. The monoisotopic (exact) mass is 453 g/mol. The first-order valence-electron chi connectivity index (χ1n) is 9.76. The quantitative estimate of drug-likeness (QED) is 0.468. The minimum Gasteiger partial charge on any atom is -0.495 e. The number of halogens is 1. The number of fused-ring (bicyclic) bond motifs is 1. The van der Waals surface area contributed by atoms with Crippen molar-refractivity contribution in [3.63, 3.8) is 0 Å². The van der Waals surface area contributed by atoms with Crippen molar-refractivity contribution < 1.29 is 14.3 Å². The third-order valence-corrected chi connectivity index (χ3v) is 5.24. The minimum atomic E-state index is -1.01. The number of carbonyl (C=O) groups is 2. The molecule has 32 heavy (non-hydrogen) atoms. The van der Waals surface area contributed by atoms with E-state index >= 15 is 0 Å². The zero-order chi connectivity index (χ0) is 22.8. The lowest BCUT2D eigenvalue weighted by Crippen LogP contribution is -2.36. The molecular weight excluding hydrogens is 434 g/mol. The molecule has 9 nitrogen and oxygen atoms in total. The molecule has 0 spiro atoms. The van der Waals surface area contributed by atoms with Crippen LogP contribution in [0.2, 0.25) is 5.02 Å². The van der Waals surface area contributed by atoms with Crippen LogP contribution in [0.15, 0.2) is 47.3 Å². The molecule has 2 amide bonds. The Morgan fingerprint density at radius 1 is 1.19 bits per heavy atom. The van der Waals surface area contributed by atoms with Gasteiger partial charge in [-0.3, -0.25) is 19.4 Å². The molecule has 0 bridgehead atoms. The van der Waals surface area contributed by atoms with E-state index in [1.54, 1.807) is 36.4 Å². The van der Waals surface area contributed by atoms with Crippen LogP contribution >= 0.6 is 11.6 Å². The fraction of sp³-hybridized carbons (Fsp3) is 0.182. The second-order valence-electron chi connectivity index (χ2n) is 7.31. The average Bonchev–Trinajstić information content (AvgIpc) is 2.74. The van der Waals surface area contributed by atoms with Gasteiger partial charge < -0.3 is 20.7 Å². The van der Waals surface area contributed by atoms with E-state index in [0.29, 0.717) is 22.1 Å². The van der Waals surface area contributed by atoms with Crippen LogP contribution in [0.25, 0.3) is 0 Å². The number of anilines is 4. The first-order chi connectivity index (χ1) is 15.3. The van der Waals surface area contributed by atoms with Gasteiger partial charge in [0.05, 0.1) is 24.3 Å². The molecule has 1 aliphatic rings. The molecular formula is C22H20ClN5O4. The van der Waals surface area contributed by atoms with Crippen molar-refractivity contribution in [3.8, 4) is 5.75 Å². The predicted molar refractivity (Wildman–Crippen MR) is 122 cm³/mol. The van der Waals surface area contributed by atoms with E-state index in [4.69, 9.17) is 16.3 Å². The molecule has 0 aliphatic carbocycles. The molecule has 2 aromatic carbocycles. The number of benzene rings is 2. The van der Waals surface area contributed by atoms with Gasteiger partial charge in [0.2, 0.25) is 17.8 Å². The summed E-state index contributed by atoms with van der Waals surface area (Å²) in [4.78, 5) is 45.1. The number of amides is 2. The lowest BCUT2D eigenvalue weighted by molar-refractivity contribution is -0.123. The molecule has 0 saturated heterocycles. The number of methoxy groups -OCH3 is 1. The molecule has 164 valence electrons. The van der Waals surface area contributed by atoms with Crippen molar-refractivity contribution >= 4 is 46.6 Å². The lowest BCUT2D eigenvalue weighted by atomic mass is 9.92. The maximum Gasteiger partial charge on any atom is 0.258 e.